The molecule has 4 nitrogen and oxygen atoms in total. The van der Waals surface area contributed by atoms with Crippen LogP contribution in [-0.2, 0) is 19.0 Å². The lowest BCUT2D eigenvalue weighted by molar-refractivity contribution is 0.124. The lowest BCUT2D eigenvalue weighted by Gasteiger charge is -2.04. The van der Waals surface area contributed by atoms with Crippen LogP contribution in [0.3, 0.4) is 0 Å². The van der Waals surface area contributed by atoms with Crippen LogP contribution in [0.2, 0.25) is 0 Å². The molecule has 0 unspecified atom stereocenters. The molecular formula is C14H27O4. The molecule has 107 valence electrons. The summed E-state index contributed by atoms with van der Waals surface area (Å²) in [6.07, 6.45) is 8.98. The summed E-state index contributed by atoms with van der Waals surface area (Å²) in [5.74, 6) is 0. The molecule has 0 aliphatic heterocycles. The van der Waals surface area contributed by atoms with Gasteiger partial charge in [-0.2, -0.15) is 0 Å². The van der Waals surface area contributed by atoms with Gasteiger partial charge in [-0.05, 0) is 32.1 Å². The van der Waals surface area contributed by atoms with E-state index in [2.05, 4.69) is 4.74 Å². The van der Waals surface area contributed by atoms with Gasteiger partial charge < -0.3 is 14.2 Å². The van der Waals surface area contributed by atoms with Gasteiger partial charge in [0.15, 0.2) is 0 Å². The highest BCUT2D eigenvalue weighted by molar-refractivity contribution is 5.37. The van der Waals surface area contributed by atoms with Crippen LogP contribution in [0, 0.1) is 0 Å². The minimum atomic E-state index is 0.492. The number of rotatable bonds is 15. The summed E-state index contributed by atoms with van der Waals surface area (Å²) in [6.45, 7) is 4.51. The lowest BCUT2D eigenvalue weighted by atomic mass is 10.2. The predicted molar refractivity (Wildman–Crippen MR) is 71.3 cm³/mol. The average Bonchev–Trinajstić information content (AvgIpc) is 2.39. The molecule has 0 aromatic rings. The van der Waals surface area contributed by atoms with Crippen LogP contribution in [0.15, 0.2) is 0 Å². The minimum absolute atomic E-state index is 0.492. The molecule has 18 heavy (non-hydrogen) atoms. The van der Waals surface area contributed by atoms with Crippen LogP contribution >= 0.6 is 0 Å². The second kappa shape index (κ2) is 16.4. The van der Waals surface area contributed by atoms with Crippen LogP contribution in [0.4, 0.5) is 0 Å². The van der Waals surface area contributed by atoms with Crippen molar-refractivity contribution >= 4 is 6.47 Å². The third-order valence-corrected chi connectivity index (χ3v) is 2.73. The molecular weight excluding hydrogens is 232 g/mol. The van der Waals surface area contributed by atoms with Gasteiger partial charge in [0.25, 0.3) is 0 Å². The topological polar surface area (TPSA) is 44.8 Å². The monoisotopic (exact) mass is 259 g/mol. The first kappa shape index (κ1) is 17.4. The smallest absolute Gasteiger partial charge is 0.417 e. The Balaban J connectivity index is 2.88. The van der Waals surface area contributed by atoms with Crippen LogP contribution in [0.1, 0.15) is 51.4 Å². The van der Waals surface area contributed by atoms with Gasteiger partial charge >= 0.3 is 6.47 Å². The van der Waals surface area contributed by atoms with E-state index >= 15 is 0 Å². The number of hydrogen-bond donors (Lipinski definition) is 0. The summed E-state index contributed by atoms with van der Waals surface area (Å²) in [5.41, 5.74) is 0. The Morgan fingerprint density at radius 2 is 1.22 bits per heavy atom. The van der Waals surface area contributed by atoms with Crippen molar-refractivity contribution in [2.24, 2.45) is 0 Å². The van der Waals surface area contributed by atoms with Gasteiger partial charge in [0.1, 0.15) is 0 Å². The molecule has 0 N–H and O–H groups in total. The maximum absolute atomic E-state index is 9.75. The van der Waals surface area contributed by atoms with Crippen molar-refractivity contribution in [2.75, 3.05) is 33.5 Å². The minimum Gasteiger partial charge on any atom is -0.457 e. The van der Waals surface area contributed by atoms with Crippen LogP contribution in [0.5, 0.6) is 0 Å². The van der Waals surface area contributed by atoms with Gasteiger partial charge in [-0.15, -0.1) is 0 Å². The summed E-state index contributed by atoms with van der Waals surface area (Å²) in [6, 6.07) is 0. The van der Waals surface area contributed by atoms with Gasteiger partial charge in [0.05, 0.1) is 6.61 Å². The Hall–Kier alpha value is -0.610. The Kier molecular flexibility index (Phi) is 15.8. The van der Waals surface area contributed by atoms with E-state index in [0.29, 0.717) is 6.61 Å². The second-order valence-electron chi connectivity index (χ2n) is 4.37. The van der Waals surface area contributed by atoms with Crippen molar-refractivity contribution in [3.05, 3.63) is 0 Å². The number of hydrogen-bond acceptors (Lipinski definition) is 4. The summed E-state index contributed by atoms with van der Waals surface area (Å²) < 4.78 is 15.0. The van der Waals surface area contributed by atoms with Crippen LogP contribution < -0.4 is 0 Å². The van der Waals surface area contributed by atoms with Gasteiger partial charge in [-0.1, -0.05) is 19.3 Å². The molecule has 0 saturated carbocycles. The van der Waals surface area contributed by atoms with Crippen molar-refractivity contribution in [1.29, 1.82) is 0 Å². The van der Waals surface area contributed by atoms with E-state index in [-0.39, 0.29) is 0 Å². The second-order valence-corrected chi connectivity index (χ2v) is 4.37. The van der Waals surface area contributed by atoms with Crippen molar-refractivity contribution in [1.82, 2.24) is 0 Å². The largest absolute Gasteiger partial charge is 0.457 e. The molecule has 0 aromatic heterocycles. The Morgan fingerprint density at radius 3 is 1.72 bits per heavy atom. The standard InChI is InChI=1S/C14H27O4/c1-16-10-6-2-3-7-11-17-12-8-4-5-9-13-18-14-15/h2-13H2,1H3. The van der Waals surface area contributed by atoms with Crippen molar-refractivity contribution in [3.63, 3.8) is 0 Å². The third kappa shape index (κ3) is 15.4. The Morgan fingerprint density at radius 1 is 0.722 bits per heavy atom. The summed E-state index contributed by atoms with van der Waals surface area (Å²) >= 11 is 0. The van der Waals surface area contributed by atoms with Crippen LogP contribution in [-0.4, -0.2) is 40.0 Å². The van der Waals surface area contributed by atoms with Gasteiger partial charge in [-0.25, -0.2) is 4.79 Å². The molecule has 0 spiro atoms. The van der Waals surface area contributed by atoms with E-state index in [1.165, 1.54) is 19.3 Å². The van der Waals surface area contributed by atoms with Gasteiger partial charge in [0.2, 0.25) is 0 Å². The number of methoxy groups -OCH3 is 1. The summed E-state index contributed by atoms with van der Waals surface area (Å²) in [7, 11) is 1.74. The molecule has 0 bridgehead atoms. The SMILES string of the molecule is COCCCCCCOCCCCCCO[C]=O. The first-order chi connectivity index (χ1) is 8.91. The summed E-state index contributed by atoms with van der Waals surface area (Å²) in [5, 5.41) is 0. The molecule has 0 rings (SSSR count). The highest BCUT2D eigenvalue weighted by Gasteiger charge is 1.93. The number of carbonyl (C=O) groups excluding carboxylic acids is 1. The van der Waals surface area contributed by atoms with Crippen molar-refractivity contribution in [3.8, 4) is 0 Å². The van der Waals surface area contributed by atoms with Gasteiger partial charge in [0, 0.05) is 26.9 Å². The molecule has 0 aliphatic rings. The zero-order valence-electron chi connectivity index (χ0n) is 11.6. The first-order valence-corrected chi connectivity index (χ1v) is 6.97. The molecule has 1 radical (unpaired) electrons. The van der Waals surface area contributed by atoms with Gasteiger partial charge in [-0.3, -0.25) is 0 Å². The van der Waals surface area contributed by atoms with E-state index < -0.39 is 0 Å². The van der Waals surface area contributed by atoms with E-state index in [0.717, 1.165) is 58.3 Å². The highest BCUT2D eigenvalue weighted by Crippen LogP contribution is 2.03. The Labute approximate surface area is 111 Å². The fourth-order valence-electron chi connectivity index (χ4n) is 1.68. The van der Waals surface area contributed by atoms with E-state index in [4.69, 9.17) is 9.47 Å². The molecule has 0 atom stereocenters. The zero-order valence-corrected chi connectivity index (χ0v) is 11.6. The predicted octanol–water partition coefficient (Wildman–Crippen LogP) is 2.85. The Bertz CT molecular complexity index is 162. The van der Waals surface area contributed by atoms with Crippen molar-refractivity contribution < 1.29 is 19.0 Å². The van der Waals surface area contributed by atoms with E-state index in [1.807, 2.05) is 0 Å². The lowest BCUT2D eigenvalue weighted by Crippen LogP contribution is -1.98. The molecule has 0 heterocycles. The molecule has 0 saturated heterocycles. The normalized spacial score (nSPS) is 10.5. The fourth-order valence-corrected chi connectivity index (χ4v) is 1.68. The number of unbranched alkanes of at least 4 members (excludes halogenated alkanes) is 6. The molecule has 0 fully saturated rings. The quantitative estimate of drug-likeness (QED) is 0.424. The van der Waals surface area contributed by atoms with Crippen LogP contribution in [0.25, 0.3) is 0 Å². The zero-order chi connectivity index (χ0) is 13.3. The molecule has 0 aromatic carbocycles. The maximum Gasteiger partial charge on any atom is 0.417 e. The third-order valence-electron chi connectivity index (χ3n) is 2.73. The van der Waals surface area contributed by atoms with Crippen molar-refractivity contribution in [2.45, 2.75) is 51.4 Å². The molecule has 0 amide bonds. The molecule has 0 aliphatic carbocycles. The summed E-state index contributed by atoms with van der Waals surface area (Å²) in [4.78, 5) is 9.75. The molecule has 4 heteroatoms. The number of ether oxygens (including phenoxy) is 3. The fraction of sp³-hybridized carbons (Fsp3) is 0.929. The average molecular weight is 259 g/mol. The highest BCUT2D eigenvalue weighted by atomic mass is 16.5. The van der Waals surface area contributed by atoms with E-state index in [1.54, 1.807) is 7.11 Å². The maximum atomic E-state index is 9.75. The first-order valence-electron chi connectivity index (χ1n) is 6.97. The van der Waals surface area contributed by atoms with E-state index in [9.17, 15) is 4.79 Å².